The lowest BCUT2D eigenvalue weighted by molar-refractivity contribution is 0.468. The zero-order chi connectivity index (χ0) is 16.6. The first-order valence-electron chi connectivity index (χ1n) is 7.61. The largest absolute Gasteiger partial charge is 0.369 e. The number of benzene rings is 1. The summed E-state index contributed by atoms with van der Waals surface area (Å²) in [5.74, 6) is -0.299. The van der Waals surface area contributed by atoms with Crippen molar-refractivity contribution in [2.24, 2.45) is 0 Å². The first-order valence-corrected chi connectivity index (χ1v) is 9.50. The van der Waals surface area contributed by atoms with Gasteiger partial charge in [-0.2, -0.15) is 0 Å². The second kappa shape index (κ2) is 6.05. The number of hydrogen-bond donors (Lipinski definition) is 1. The van der Waals surface area contributed by atoms with Crippen LogP contribution >= 0.6 is 0 Å². The number of aromatic nitrogens is 1. The van der Waals surface area contributed by atoms with Crippen LogP contribution in [0.25, 0.3) is 10.9 Å². The molecule has 0 unspecified atom stereocenters. The van der Waals surface area contributed by atoms with Gasteiger partial charge < -0.3 is 4.90 Å². The molecule has 1 aliphatic rings. The molecule has 1 saturated heterocycles. The highest BCUT2D eigenvalue weighted by Gasteiger charge is 2.24. The summed E-state index contributed by atoms with van der Waals surface area (Å²) in [6, 6.07) is 6.38. The van der Waals surface area contributed by atoms with Crippen molar-refractivity contribution in [3.63, 3.8) is 0 Å². The van der Waals surface area contributed by atoms with Crippen molar-refractivity contribution < 1.29 is 12.8 Å². The van der Waals surface area contributed by atoms with Crippen LogP contribution in [0.2, 0.25) is 0 Å². The van der Waals surface area contributed by atoms with Gasteiger partial charge in [0.1, 0.15) is 5.82 Å². The number of fused-ring (bicyclic) bond motifs is 1. The van der Waals surface area contributed by atoms with Crippen LogP contribution in [0.4, 0.5) is 10.1 Å². The SMILES string of the molecule is Cc1cc(N2CCC[C@@H](NS(C)(=O)=O)C2)c2cc(F)ccc2n1. The third-order valence-corrected chi connectivity index (χ3v) is 4.78. The van der Waals surface area contributed by atoms with Crippen molar-refractivity contribution in [2.75, 3.05) is 24.2 Å². The topological polar surface area (TPSA) is 62.3 Å². The van der Waals surface area contributed by atoms with Crippen LogP contribution in [0.3, 0.4) is 0 Å². The normalized spacial score (nSPS) is 19.3. The number of halogens is 1. The van der Waals surface area contributed by atoms with Gasteiger partial charge in [0.25, 0.3) is 0 Å². The molecule has 1 fully saturated rings. The summed E-state index contributed by atoms with van der Waals surface area (Å²) >= 11 is 0. The molecule has 1 aromatic carbocycles. The molecule has 0 saturated carbocycles. The third kappa shape index (κ3) is 3.79. The van der Waals surface area contributed by atoms with Gasteiger partial charge in [-0.15, -0.1) is 0 Å². The van der Waals surface area contributed by atoms with E-state index in [-0.39, 0.29) is 11.9 Å². The maximum absolute atomic E-state index is 13.6. The van der Waals surface area contributed by atoms with E-state index in [1.807, 2.05) is 13.0 Å². The summed E-state index contributed by atoms with van der Waals surface area (Å²) in [5.41, 5.74) is 2.52. The van der Waals surface area contributed by atoms with Crippen molar-refractivity contribution in [2.45, 2.75) is 25.8 Å². The van der Waals surface area contributed by atoms with Gasteiger partial charge in [-0.1, -0.05) is 0 Å². The monoisotopic (exact) mass is 337 g/mol. The summed E-state index contributed by atoms with van der Waals surface area (Å²) < 4.78 is 39.2. The predicted octanol–water partition coefficient (Wildman–Crippen LogP) is 2.20. The van der Waals surface area contributed by atoms with Crippen molar-refractivity contribution in [3.05, 3.63) is 35.8 Å². The fourth-order valence-electron chi connectivity index (χ4n) is 3.17. The van der Waals surface area contributed by atoms with Gasteiger partial charge in [0.2, 0.25) is 10.0 Å². The van der Waals surface area contributed by atoms with Crippen LogP contribution in [0, 0.1) is 12.7 Å². The molecule has 2 aromatic rings. The molecule has 23 heavy (non-hydrogen) atoms. The molecule has 1 N–H and O–H groups in total. The molecule has 1 atom stereocenters. The number of piperidine rings is 1. The summed E-state index contributed by atoms with van der Waals surface area (Å²) in [5, 5.41) is 0.760. The van der Waals surface area contributed by atoms with E-state index in [1.54, 1.807) is 6.07 Å². The Balaban J connectivity index is 1.97. The van der Waals surface area contributed by atoms with Gasteiger partial charge in [0.15, 0.2) is 0 Å². The fraction of sp³-hybridized carbons (Fsp3) is 0.438. The number of anilines is 1. The number of rotatable bonds is 3. The minimum Gasteiger partial charge on any atom is -0.369 e. The summed E-state index contributed by atoms with van der Waals surface area (Å²) in [4.78, 5) is 6.56. The van der Waals surface area contributed by atoms with Crippen LogP contribution in [-0.2, 0) is 10.0 Å². The van der Waals surface area contributed by atoms with Gasteiger partial charge in [0.05, 0.1) is 11.8 Å². The molecule has 7 heteroatoms. The minimum absolute atomic E-state index is 0.129. The molecule has 124 valence electrons. The quantitative estimate of drug-likeness (QED) is 0.933. The molecule has 1 aliphatic heterocycles. The lowest BCUT2D eigenvalue weighted by Crippen LogP contribution is -2.47. The lowest BCUT2D eigenvalue weighted by Gasteiger charge is -2.35. The molecule has 0 spiro atoms. The Morgan fingerprint density at radius 3 is 2.87 bits per heavy atom. The van der Waals surface area contributed by atoms with Crippen LogP contribution in [0.15, 0.2) is 24.3 Å². The Morgan fingerprint density at radius 1 is 1.35 bits per heavy atom. The Labute approximate surface area is 135 Å². The van der Waals surface area contributed by atoms with E-state index in [0.29, 0.717) is 6.54 Å². The smallest absolute Gasteiger partial charge is 0.209 e. The molecule has 0 amide bonds. The highest BCUT2D eigenvalue weighted by atomic mass is 32.2. The number of aryl methyl sites for hydroxylation is 1. The molecule has 0 bridgehead atoms. The molecule has 0 radical (unpaired) electrons. The van der Waals surface area contributed by atoms with Crippen molar-refractivity contribution >= 4 is 26.6 Å². The first kappa shape index (κ1) is 16.1. The number of pyridine rings is 1. The van der Waals surface area contributed by atoms with Gasteiger partial charge in [-0.25, -0.2) is 17.5 Å². The Kier molecular flexibility index (Phi) is 4.25. The van der Waals surface area contributed by atoms with E-state index in [0.717, 1.165) is 41.7 Å². The average molecular weight is 337 g/mol. The van der Waals surface area contributed by atoms with Crippen molar-refractivity contribution in [3.8, 4) is 0 Å². The van der Waals surface area contributed by atoms with Crippen LogP contribution in [-0.4, -0.2) is 38.8 Å². The summed E-state index contributed by atoms with van der Waals surface area (Å²) in [6.45, 7) is 3.29. The second-order valence-electron chi connectivity index (χ2n) is 6.12. The van der Waals surface area contributed by atoms with E-state index in [4.69, 9.17) is 0 Å². The number of nitrogens with zero attached hydrogens (tertiary/aromatic N) is 2. The van der Waals surface area contributed by atoms with E-state index < -0.39 is 10.0 Å². The number of nitrogens with one attached hydrogen (secondary N) is 1. The van der Waals surface area contributed by atoms with E-state index in [1.165, 1.54) is 18.4 Å². The van der Waals surface area contributed by atoms with E-state index in [2.05, 4.69) is 14.6 Å². The number of hydrogen-bond acceptors (Lipinski definition) is 4. The molecular formula is C16H20FN3O2S. The van der Waals surface area contributed by atoms with E-state index in [9.17, 15) is 12.8 Å². The lowest BCUT2D eigenvalue weighted by atomic mass is 10.0. The molecular weight excluding hydrogens is 317 g/mol. The Bertz CT molecular complexity index is 839. The third-order valence-electron chi connectivity index (χ3n) is 4.02. The van der Waals surface area contributed by atoms with Gasteiger partial charge in [0, 0.05) is 35.9 Å². The van der Waals surface area contributed by atoms with Crippen molar-refractivity contribution in [1.29, 1.82) is 0 Å². The van der Waals surface area contributed by atoms with Gasteiger partial charge in [-0.05, 0) is 44.0 Å². The maximum atomic E-state index is 13.6. The zero-order valence-corrected chi connectivity index (χ0v) is 14.0. The molecule has 3 rings (SSSR count). The Morgan fingerprint density at radius 2 is 2.13 bits per heavy atom. The van der Waals surface area contributed by atoms with Gasteiger partial charge >= 0.3 is 0 Å². The van der Waals surface area contributed by atoms with E-state index >= 15 is 0 Å². The highest BCUT2D eigenvalue weighted by Crippen LogP contribution is 2.29. The standard InChI is InChI=1S/C16H20FN3O2S/c1-11-8-16(14-9-12(17)5-6-15(14)18-11)20-7-3-4-13(10-20)19-23(2,21)22/h5-6,8-9,13,19H,3-4,7,10H2,1-2H3/t13-/m1/s1. The highest BCUT2D eigenvalue weighted by molar-refractivity contribution is 7.88. The summed E-state index contributed by atoms with van der Waals surface area (Å²) in [7, 11) is -3.24. The molecule has 1 aromatic heterocycles. The first-order chi connectivity index (χ1) is 10.8. The summed E-state index contributed by atoms with van der Waals surface area (Å²) in [6.07, 6.45) is 2.86. The fourth-order valence-corrected chi connectivity index (χ4v) is 3.96. The second-order valence-corrected chi connectivity index (χ2v) is 7.90. The average Bonchev–Trinajstić information content (AvgIpc) is 2.45. The van der Waals surface area contributed by atoms with Gasteiger partial charge in [-0.3, -0.25) is 4.98 Å². The van der Waals surface area contributed by atoms with Crippen molar-refractivity contribution in [1.82, 2.24) is 9.71 Å². The Hall–Kier alpha value is -1.73. The number of sulfonamides is 1. The maximum Gasteiger partial charge on any atom is 0.209 e. The predicted molar refractivity (Wildman–Crippen MR) is 89.7 cm³/mol. The van der Waals surface area contributed by atoms with Crippen LogP contribution < -0.4 is 9.62 Å². The molecule has 0 aliphatic carbocycles. The minimum atomic E-state index is -3.24. The molecule has 2 heterocycles. The molecule has 5 nitrogen and oxygen atoms in total. The zero-order valence-electron chi connectivity index (χ0n) is 13.2. The van der Waals surface area contributed by atoms with Crippen LogP contribution in [0.5, 0.6) is 0 Å². The van der Waals surface area contributed by atoms with Crippen LogP contribution in [0.1, 0.15) is 18.5 Å².